The van der Waals surface area contributed by atoms with Gasteiger partial charge < -0.3 is 10.8 Å². The maximum Gasteiger partial charge on any atom is 0.242 e. The van der Waals surface area contributed by atoms with Crippen molar-refractivity contribution in [2.75, 3.05) is 12.3 Å². The Labute approximate surface area is 109 Å². The van der Waals surface area contributed by atoms with E-state index in [1.807, 2.05) is 0 Å². The van der Waals surface area contributed by atoms with Crippen LogP contribution < -0.4 is 10.5 Å². The van der Waals surface area contributed by atoms with Crippen LogP contribution in [-0.2, 0) is 10.0 Å². The average Bonchev–Trinajstić information content (AvgIpc) is 2.29. The number of halogens is 1. The van der Waals surface area contributed by atoms with Crippen molar-refractivity contribution in [1.82, 2.24) is 4.72 Å². The molecule has 0 spiro atoms. The highest BCUT2D eigenvalue weighted by Crippen LogP contribution is 2.23. The summed E-state index contributed by atoms with van der Waals surface area (Å²) in [4.78, 5) is 0.0128. The molecule has 0 aliphatic heterocycles. The average molecular weight is 323 g/mol. The molecule has 0 radical (unpaired) electrons. The summed E-state index contributed by atoms with van der Waals surface area (Å²) in [5, 5.41) is 8.99. The molecule has 17 heavy (non-hydrogen) atoms. The summed E-state index contributed by atoms with van der Waals surface area (Å²) in [5.41, 5.74) is 5.81. The van der Waals surface area contributed by atoms with E-state index in [4.69, 9.17) is 10.8 Å². The molecule has 1 atom stereocenters. The van der Waals surface area contributed by atoms with E-state index < -0.39 is 16.1 Å². The predicted molar refractivity (Wildman–Crippen MR) is 70.0 cm³/mol. The van der Waals surface area contributed by atoms with Gasteiger partial charge in [0, 0.05) is 10.5 Å². The quantitative estimate of drug-likeness (QED) is 0.707. The van der Waals surface area contributed by atoms with E-state index >= 15 is 0 Å². The van der Waals surface area contributed by atoms with Gasteiger partial charge in [-0.2, -0.15) is 0 Å². The summed E-state index contributed by atoms with van der Waals surface area (Å²) in [6.45, 7) is 1.54. The van der Waals surface area contributed by atoms with Crippen LogP contribution in [0, 0.1) is 0 Å². The summed E-state index contributed by atoms with van der Waals surface area (Å²) in [6, 6.07) is 4.11. The lowest BCUT2D eigenvalue weighted by atomic mass is 10.3. The topological polar surface area (TPSA) is 92.4 Å². The molecule has 0 bridgehead atoms. The van der Waals surface area contributed by atoms with Crippen molar-refractivity contribution in [3.05, 3.63) is 22.7 Å². The molecule has 5 nitrogen and oxygen atoms in total. The molecule has 0 aromatic heterocycles. The molecule has 0 fully saturated rings. The van der Waals surface area contributed by atoms with E-state index in [-0.39, 0.29) is 17.2 Å². The maximum atomic E-state index is 12.0. The maximum absolute atomic E-state index is 12.0. The molecule has 7 heteroatoms. The Hall–Kier alpha value is -0.630. The van der Waals surface area contributed by atoms with Gasteiger partial charge in [-0.05, 0) is 24.6 Å². The number of aliphatic hydroxyl groups excluding tert-OH is 1. The number of nitrogens with two attached hydrogens (primary N) is 1. The van der Waals surface area contributed by atoms with Gasteiger partial charge in [-0.3, -0.25) is 0 Å². The summed E-state index contributed by atoms with van der Waals surface area (Å²) >= 11 is 3.19. The van der Waals surface area contributed by atoms with Crippen LogP contribution >= 0.6 is 15.9 Å². The normalized spacial score (nSPS) is 13.6. The molecule has 1 rings (SSSR count). The van der Waals surface area contributed by atoms with Crippen LogP contribution in [0.3, 0.4) is 0 Å². The zero-order valence-corrected chi connectivity index (χ0v) is 11.8. The van der Waals surface area contributed by atoms with Crippen LogP contribution in [0.2, 0.25) is 0 Å². The van der Waals surface area contributed by atoms with E-state index in [1.165, 1.54) is 12.1 Å². The zero-order valence-electron chi connectivity index (χ0n) is 9.35. The standard InChI is InChI=1S/C10H15BrN2O3S/c1-2-8(6-14)13-17(15,16)10-5-7(11)3-4-9(10)12/h3-5,8,13-14H,2,6,12H2,1H3/t8-/m0/s1. The minimum atomic E-state index is -3.70. The van der Waals surface area contributed by atoms with Gasteiger partial charge in [-0.25, -0.2) is 13.1 Å². The summed E-state index contributed by atoms with van der Waals surface area (Å²) < 4.78 is 27.0. The Bertz CT molecular complexity index is 486. The first kappa shape index (κ1) is 14.4. The molecule has 96 valence electrons. The van der Waals surface area contributed by atoms with E-state index in [2.05, 4.69) is 20.7 Å². The van der Waals surface area contributed by atoms with Crippen LogP contribution in [0.4, 0.5) is 5.69 Å². The van der Waals surface area contributed by atoms with Crippen molar-refractivity contribution in [3.8, 4) is 0 Å². The lowest BCUT2D eigenvalue weighted by Crippen LogP contribution is -2.37. The fraction of sp³-hybridized carbons (Fsp3) is 0.400. The molecule has 4 N–H and O–H groups in total. The Kier molecular flexibility index (Phi) is 4.93. The first-order valence-corrected chi connectivity index (χ1v) is 7.36. The highest BCUT2D eigenvalue weighted by atomic mass is 79.9. The number of hydrogen-bond donors (Lipinski definition) is 3. The van der Waals surface area contributed by atoms with Crippen molar-refractivity contribution >= 4 is 31.6 Å². The third-order valence-corrected chi connectivity index (χ3v) is 4.37. The second-order valence-corrected chi connectivity index (χ2v) is 6.19. The molecule has 0 amide bonds. The second-order valence-electron chi connectivity index (χ2n) is 3.59. The number of sulfonamides is 1. The molecule has 1 aromatic rings. The van der Waals surface area contributed by atoms with E-state index in [1.54, 1.807) is 13.0 Å². The van der Waals surface area contributed by atoms with Crippen LogP contribution in [0.1, 0.15) is 13.3 Å². The number of aliphatic hydroxyl groups is 1. The number of benzene rings is 1. The van der Waals surface area contributed by atoms with Gasteiger partial charge >= 0.3 is 0 Å². The van der Waals surface area contributed by atoms with E-state index in [0.717, 1.165) is 0 Å². The largest absolute Gasteiger partial charge is 0.398 e. The number of rotatable bonds is 5. The lowest BCUT2D eigenvalue weighted by Gasteiger charge is -2.15. The van der Waals surface area contributed by atoms with Gasteiger partial charge in [0.15, 0.2) is 0 Å². The van der Waals surface area contributed by atoms with Crippen LogP contribution in [0.25, 0.3) is 0 Å². The Morgan fingerprint density at radius 3 is 2.71 bits per heavy atom. The molecular formula is C10H15BrN2O3S. The molecule has 0 heterocycles. The molecule has 0 saturated carbocycles. The Morgan fingerprint density at radius 2 is 2.18 bits per heavy atom. The van der Waals surface area contributed by atoms with Crippen molar-refractivity contribution in [2.24, 2.45) is 0 Å². The van der Waals surface area contributed by atoms with Gasteiger partial charge in [-0.1, -0.05) is 22.9 Å². The smallest absolute Gasteiger partial charge is 0.242 e. The number of nitrogen functional groups attached to an aromatic ring is 1. The van der Waals surface area contributed by atoms with Crippen molar-refractivity contribution in [3.63, 3.8) is 0 Å². The van der Waals surface area contributed by atoms with Crippen LogP contribution in [0.5, 0.6) is 0 Å². The van der Waals surface area contributed by atoms with Crippen molar-refractivity contribution in [2.45, 2.75) is 24.3 Å². The number of nitrogens with one attached hydrogen (secondary N) is 1. The third-order valence-electron chi connectivity index (χ3n) is 2.30. The highest BCUT2D eigenvalue weighted by molar-refractivity contribution is 9.10. The first-order chi connectivity index (χ1) is 7.90. The third kappa shape index (κ3) is 3.67. The highest BCUT2D eigenvalue weighted by Gasteiger charge is 2.21. The molecule has 1 aromatic carbocycles. The molecule has 0 saturated heterocycles. The first-order valence-electron chi connectivity index (χ1n) is 5.09. The van der Waals surface area contributed by atoms with Crippen LogP contribution in [-0.4, -0.2) is 26.2 Å². The zero-order chi connectivity index (χ0) is 13.1. The number of anilines is 1. The predicted octanol–water partition coefficient (Wildman–Crippen LogP) is 1.08. The monoisotopic (exact) mass is 322 g/mol. The van der Waals surface area contributed by atoms with Gasteiger partial charge in [0.2, 0.25) is 10.0 Å². The van der Waals surface area contributed by atoms with E-state index in [0.29, 0.717) is 10.9 Å². The van der Waals surface area contributed by atoms with Crippen LogP contribution in [0.15, 0.2) is 27.6 Å². The van der Waals surface area contributed by atoms with Gasteiger partial charge in [0.25, 0.3) is 0 Å². The fourth-order valence-corrected chi connectivity index (χ4v) is 3.25. The Morgan fingerprint density at radius 1 is 1.53 bits per heavy atom. The summed E-state index contributed by atoms with van der Waals surface area (Å²) in [6.07, 6.45) is 0.504. The van der Waals surface area contributed by atoms with Crippen molar-refractivity contribution < 1.29 is 13.5 Å². The minimum Gasteiger partial charge on any atom is -0.398 e. The molecular weight excluding hydrogens is 308 g/mol. The summed E-state index contributed by atoms with van der Waals surface area (Å²) in [7, 11) is -3.70. The summed E-state index contributed by atoms with van der Waals surface area (Å²) in [5.74, 6) is 0. The fourth-order valence-electron chi connectivity index (χ4n) is 1.27. The Balaban J connectivity index is 3.09. The second kappa shape index (κ2) is 5.81. The molecule has 0 aliphatic carbocycles. The number of hydrogen-bond acceptors (Lipinski definition) is 4. The SMILES string of the molecule is CC[C@@H](CO)NS(=O)(=O)c1cc(Br)ccc1N. The van der Waals surface area contributed by atoms with Gasteiger partial charge in [0.1, 0.15) is 4.90 Å². The molecule has 0 aliphatic rings. The van der Waals surface area contributed by atoms with Gasteiger partial charge in [0.05, 0.1) is 12.3 Å². The lowest BCUT2D eigenvalue weighted by molar-refractivity contribution is 0.254. The van der Waals surface area contributed by atoms with Crippen molar-refractivity contribution in [1.29, 1.82) is 0 Å². The minimum absolute atomic E-state index is 0.0128. The van der Waals surface area contributed by atoms with E-state index in [9.17, 15) is 8.42 Å². The molecule has 0 unspecified atom stereocenters. The van der Waals surface area contributed by atoms with Gasteiger partial charge in [-0.15, -0.1) is 0 Å².